The van der Waals surface area contributed by atoms with E-state index in [0.717, 1.165) is 4.34 Å². The van der Waals surface area contributed by atoms with Gasteiger partial charge in [-0.3, -0.25) is 14.8 Å². The Morgan fingerprint density at radius 1 is 1.04 bits per heavy atom. The molecule has 0 saturated carbocycles. The number of hydrogen-bond donors (Lipinski definition) is 2. The summed E-state index contributed by atoms with van der Waals surface area (Å²) in [6.45, 7) is 0. The van der Waals surface area contributed by atoms with Crippen molar-refractivity contribution in [3.63, 3.8) is 0 Å². The Balaban J connectivity index is 1.69. The Kier molecular flexibility index (Phi) is 5.55. The quantitative estimate of drug-likeness (QED) is 0.481. The van der Waals surface area contributed by atoms with Gasteiger partial charge in [0.2, 0.25) is 5.13 Å². The molecule has 1 aromatic heterocycles. The van der Waals surface area contributed by atoms with Crippen LogP contribution in [0.2, 0.25) is 0 Å². The molecule has 0 bridgehead atoms. The van der Waals surface area contributed by atoms with E-state index in [2.05, 4.69) is 20.2 Å². The molecule has 7 nitrogen and oxygen atoms in total. The van der Waals surface area contributed by atoms with Crippen molar-refractivity contribution in [1.82, 2.24) is 10.2 Å². The average molecular weight is 407 g/mol. The molecular formula is C16H14N4O3S3. The van der Waals surface area contributed by atoms with Gasteiger partial charge >= 0.3 is 0 Å². The molecule has 0 saturated heterocycles. The van der Waals surface area contributed by atoms with Crippen molar-refractivity contribution >= 4 is 49.8 Å². The minimum atomic E-state index is -3.66. The first-order chi connectivity index (χ1) is 12.5. The number of sulfonamides is 1. The van der Waals surface area contributed by atoms with Gasteiger partial charge in [0.05, 0.1) is 4.90 Å². The van der Waals surface area contributed by atoms with Gasteiger partial charge < -0.3 is 0 Å². The first kappa shape index (κ1) is 18.4. The van der Waals surface area contributed by atoms with Gasteiger partial charge in [0.1, 0.15) is 0 Å². The zero-order valence-corrected chi connectivity index (χ0v) is 16.0. The van der Waals surface area contributed by atoms with Gasteiger partial charge in [-0.15, -0.1) is 10.2 Å². The third kappa shape index (κ3) is 4.40. The number of hydrogen-bond acceptors (Lipinski definition) is 7. The standard InChI is InChI=1S/C16H14N4O3S3/c1-24-16-19-18-15(25-16)17-14(21)11-7-9-12(10-8-11)20-26(22,23)13-5-3-2-4-6-13/h2-10,20H,1H3,(H,17,18,21). The van der Waals surface area contributed by atoms with E-state index in [1.807, 2.05) is 6.26 Å². The van der Waals surface area contributed by atoms with E-state index >= 15 is 0 Å². The summed E-state index contributed by atoms with van der Waals surface area (Å²) in [5, 5.41) is 10.9. The maximum Gasteiger partial charge on any atom is 0.261 e. The van der Waals surface area contributed by atoms with Crippen molar-refractivity contribution in [2.75, 3.05) is 16.3 Å². The lowest BCUT2D eigenvalue weighted by molar-refractivity contribution is 0.102. The number of rotatable bonds is 6. The summed E-state index contributed by atoms with van der Waals surface area (Å²) in [7, 11) is -3.66. The van der Waals surface area contributed by atoms with Crippen molar-refractivity contribution in [2.24, 2.45) is 0 Å². The van der Waals surface area contributed by atoms with Crippen LogP contribution in [0.15, 0.2) is 63.8 Å². The predicted octanol–water partition coefficient (Wildman–Crippen LogP) is 3.31. The summed E-state index contributed by atoms with van der Waals surface area (Å²) in [4.78, 5) is 12.4. The van der Waals surface area contributed by atoms with Crippen LogP contribution in [0.5, 0.6) is 0 Å². The molecule has 0 aliphatic rings. The van der Waals surface area contributed by atoms with Crippen LogP contribution in [0.4, 0.5) is 10.8 Å². The van der Waals surface area contributed by atoms with Crippen LogP contribution in [-0.4, -0.2) is 30.8 Å². The van der Waals surface area contributed by atoms with E-state index in [1.165, 1.54) is 59.5 Å². The van der Waals surface area contributed by atoms with Crippen molar-refractivity contribution in [2.45, 2.75) is 9.24 Å². The van der Waals surface area contributed by atoms with Crippen LogP contribution >= 0.6 is 23.1 Å². The number of amides is 1. The molecule has 0 unspecified atom stereocenters. The molecule has 134 valence electrons. The highest BCUT2D eigenvalue weighted by atomic mass is 32.2. The number of aromatic nitrogens is 2. The summed E-state index contributed by atoms with van der Waals surface area (Å²) < 4.78 is 27.8. The first-order valence-electron chi connectivity index (χ1n) is 7.35. The number of carbonyl (C=O) groups excluding carboxylic acids is 1. The zero-order chi connectivity index (χ0) is 18.6. The Labute approximate surface area is 158 Å². The molecule has 2 aromatic carbocycles. The lowest BCUT2D eigenvalue weighted by Gasteiger charge is -2.08. The Morgan fingerprint density at radius 3 is 2.35 bits per heavy atom. The van der Waals surface area contributed by atoms with E-state index < -0.39 is 10.0 Å². The summed E-state index contributed by atoms with van der Waals surface area (Å²) in [5.74, 6) is -0.341. The Bertz CT molecular complexity index is 1000. The van der Waals surface area contributed by atoms with Crippen LogP contribution in [-0.2, 0) is 10.0 Å². The van der Waals surface area contributed by atoms with E-state index in [-0.39, 0.29) is 10.8 Å². The number of nitrogens with one attached hydrogen (secondary N) is 2. The molecule has 10 heteroatoms. The molecule has 2 N–H and O–H groups in total. The van der Waals surface area contributed by atoms with Gasteiger partial charge in [-0.25, -0.2) is 8.42 Å². The first-order valence-corrected chi connectivity index (χ1v) is 10.9. The normalized spacial score (nSPS) is 11.1. The topological polar surface area (TPSA) is 101 Å². The molecule has 0 fully saturated rings. The van der Waals surface area contributed by atoms with Crippen molar-refractivity contribution < 1.29 is 13.2 Å². The largest absolute Gasteiger partial charge is 0.296 e. The fourth-order valence-corrected chi connectivity index (χ4v) is 4.26. The number of nitrogens with zero attached hydrogens (tertiary/aromatic N) is 2. The van der Waals surface area contributed by atoms with Crippen LogP contribution < -0.4 is 10.0 Å². The van der Waals surface area contributed by atoms with E-state index in [4.69, 9.17) is 0 Å². The number of carbonyl (C=O) groups is 1. The highest BCUT2D eigenvalue weighted by molar-refractivity contribution is 8.00. The number of anilines is 2. The second-order valence-electron chi connectivity index (χ2n) is 5.03. The van der Waals surface area contributed by atoms with Gasteiger partial charge in [-0.05, 0) is 42.7 Å². The molecule has 1 heterocycles. The number of thioether (sulfide) groups is 1. The van der Waals surface area contributed by atoms with Crippen LogP contribution in [0, 0.1) is 0 Å². The highest BCUT2D eigenvalue weighted by Gasteiger charge is 2.14. The molecule has 3 rings (SSSR count). The third-order valence-corrected chi connectivity index (χ3v) is 6.47. The summed E-state index contributed by atoms with van der Waals surface area (Å²) >= 11 is 2.73. The maximum absolute atomic E-state index is 12.3. The smallest absolute Gasteiger partial charge is 0.261 e. The van der Waals surface area contributed by atoms with Gasteiger partial charge in [0.15, 0.2) is 4.34 Å². The van der Waals surface area contributed by atoms with Gasteiger partial charge in [-0.2, -0.15) is 0 Å². The number of benzene rings is 2. The van der Waals surface area contributed by atoms with Crippen molar-refractivity contribution in [3.8, 4) is 0 Å². The Morgan fingerprint density at radius 2 is 1.73 bits per heavy atom. The molecular weight excluding hydrogens is 392 g/mol. The zero-order valence-electron chi connectivity index (χ0n) is 13.5. The average Bonchev–Trinajstić information content (AvgIpc) is 3.10. The van der Waals surface area contributed by atoms with Crippen LogP contribution in [0.1, 0.15) is 10.4 Å². The van der Waals surface area contributed by atoms with Gasteiger partial charge in [-0.1, -0.05) is 41.3 Å². The second kappa shape index (κ2) is 7.85. The van der Waals surface area contributed by atoms with E-state index in [9.17, 15) is 13.2 Å². The molecule has 0 aliphatic carbocycles. The molecule has 1 amide bonds. The minimum Gasteiger partial charge on any atom is -0.296 e. The molecule has 0 atom stereocenters. The van der Waals surface area contributed by atoms with E-state index in [0.29, 0.717) is 16.4 Å². The molecule has 0 aliphatic heterocycles. The SMILES string of the molecule is CSc1nnc(NC(=O)c2ccc(NS(=O)(=O)c3ccccc3)cc2)s1. The van der Waals surface area contributed by atoms with Crippen LogP contribution in [0.25, 0.3) is 0 Å². The highest BCUT2D eigenvalue weighted by Crippen LogP contribution is 2.23. The van der Waals surface area contributed by atoms with Crippen molar-refractivity contribution in [1.29, 1.82) is 0 Å². The molecule has 26 heavy (non-hydrogen) atoms. The monoisotopic (exact) mass is 406 g/mol. The lowest BCUT2D eigenvalue weighted by atomic mass is 10.2. The minimum absolute atomic E-state index is 0.169. The summed E-state index contributed by atoms with van der Waals surface area (Å²) in [5.41, 5.74) is 0.750. The second-order valence-corrected chi connectivity index (χ2v) is 8.74. The van der Waals surface area contributed by atoms with Crippen LogP contribution in [0.3, 0.4) is 0 Å². The van der Waals surface area contributed by atoms with Gasteiger partial charge in [0.25, 0.3) is 15.9 Å². The lowest BCUT2D eigenvalue weighted by Crippen LogP contribution is -2.14. The molecule has 0 radical (unpaired) electrons. The van der Waals surface area contributed by atoms with E-state index in [1.54, 1.807) is 18.2 Å². The third-order valence-electron chi connectivity index (χ3n) is 3.25. The fraction of sp³-hybridized carbons (Fsp3) is 0.0625. The molecule has 3 aromatic rings. The maximum atomic E-state index is 12.3. The van der Waals surface area contributed by atoms with Crippen molar-refractivity contribution in [3.05, 3.63) is 60.2 Å². The predicted molar refractivity (Wildman–Crippen MR) is 103 cm³/mol. The Hall–Kier alpha value is -2.43. The summed E-state index contributed by atoms with van der Waals surface area (Å²) in [6.07, 6.45) is 1.88. The molecule has 0 spiro atoms. The fourth-order valence-electron chi connectivity index (χ4n) is 2.02. The summed E-state index contributed by atoms with van der Waals surface area (Å²) in [6, 6.07) is 14.2. The van der Waals surface area contributed by atoms with Gasteiger partial charge in [0, 0.05) is 11.3 Å².